The van der Waals surface area contributed by atoms with E-state index in [4.69, 9.17) is 0 Å². The molecule has 0 N–H and O–H groups in total. The average molecular weight is 206 g/mol. The Morgan fingerprint density at radius 3 is 1.80 bits per heavy atom. The lowest BCUT2D eigenvalue weighted by molar-refractivity contribution is 0.426. The second-order valence-electron chi connectivity index (χ2n) is 6.57. The number of fused-ring (bicyclic) bond motifs is 2. The number of hydrogen-bond acceptors (Lipinski definition) is 0. The molecule has 1 unspecified atom stereocenters. The first kappa shape index (κ1) is 11.5. The smallest absolute Gasteiger partial charge is 0.0690 e. The minimum Gasteiger partial charge on any atom is -0.0690 e. The van der Waals surface area contributed by atoms with Crippen molar-refractivity contribution in [3.63, 3.8) is 0 Å². The van der Waals surface area contributed by atoms with E-state index in [0.29, 0.717) is 0 Å². The van der Waals surface area contributed by atoms with Crippen molar-refractivity contribution in [2.24, 2.45) is 5.92 Å². The first-order chi connectivity index (χ1) is 7.18. The highest BCUT2D eigenvalue weighted by atomic mass is 14.3. The first-order valence-electron chi connectivity index (χ1n) is 7.18. The normalized spacial score (nSPS) is 33.2. The van der Waals surface area contributed by atoms with E-state index in [2.05, 4.69) is 20.8 Å². The van der Waals surface area contributed by atoms with Gasteiger partial charge in [-0.25, -0.2) is 0 Å². The van der Waals surface area contributed by atoms with E-state index in [1.54, 1.807) is 25.7 Å². The van der Waals surface area contributed by atoms with Gasteiger partial charge in [0.1, 0.15) is 6.71 Å². The molecule has 0 aromatic carbocycles. The van der Waals surface area contributed by atoms with Crippen LogP contribution in [-0.4, -0.2) is 6.71 Å². The lowest BCUT2D eigenvalue weighted by Gasteiger charge is -2.44. The molecular weight excluding hydrogens is 179 g/mol. The van der Waals surface area contributed by atoms with Crippen LogP contribution >= 0.6 is 0 Å². The van der Waals surface area contributed by atoms with Gasteiger partial charge in [0.05, 0.1) is 0 Å². The van der Waals surface area contributed by atoms with Gasteiger partial charge in [-0.3, -0.25) is 0 Å². The zero-order chi connectivity index (χ0) is 10.8. The third-order valence-electron chi connectivity index (χ3n) is 4.89. The highest BCUT2D eigenvalue weighted by Crippen LogP contribution is 2.51. The van der Waals surface area contributed by atoms with Crippen LogP contribution < -0.4 is 0 Å². The van der Waals surface area contributed by atoms with Gasteiger partial charge in [-0.05, 0) is 5.92 Å². The summed E-state index contributed by atoms with van der Waals surface area (Å²) in [5.41, 5.74) is 0. The lowest BCUT2D eigenvalue weighted by atomic mass is 9.22. The molecule has 1 atom stereocenters. The minimum atomic E-state index is 0.891. The fraction of sp³-hybridized carbons (Fsp3) is 1.00. The molecule has 0 aromatic rings. The molecule has 2 aliphatic rings. The fourth-order valence-corrected chi connectivity index (χ4v) is 4.56. The van der Waals surface area contributed by atoms with Gasteiger partial charge in [-0.2, -0.15) is 0 Å². The lowest BCUT2D eigenvalue weighted by Crippen LogP contribution is -2.38. The average Bonchev–Trinajstić information content (AvgIpc) is 2.15. The largest absolute Gasteiger partial charge is 0.149 e. The van der Waals surface area contributed by atoms with Gasteiger partial charge in [0.25, 0.3) is 0 Å². The van der Waals surface area contributed by atoms with E-state index in [0.717, 1.165) is 30.1 Å². The molecule has 2 saturated heterocycles. The minimum absolute atomic E-state index is 0.891. The van der Waals surface area contributed by atoms with Crippen molar-refractivity contribution >= 4 is 6.71 Å². The van der Waals surface area contributed by atoms with Crippen LogP contribution in [0.25, 0.3) is 0 Å². The van der Waals surface area contributed by atoms with Crippen LogP contribution in [0.1, 0.15) is 65.7 Å². The van der Waals surface area contributed by atoms with Crippen molar-refractivity contribution in [2.45, 2.75) is 83.2 Å². The van der Waals surface area contributed by atoms with Gasteiger partial charge in [0.15, 0.2) is 0 Å². The van der Waals surface area contributed by atoms with Crippen molar-refractivity contribution in [2.75, 3.05) is 0 Å². The molecule has 0 saturated carbocycles. The predicted molar refractivity (Wildman–Crippen MR) is 69.8 cm³/mol. The number of rotatable bonds is 3. The summed E-state index contributed by atoms with van der Waals surface area (Å²) in [6, 6.07) is 0. The summed E-state index contributed by atoms with van der Waals surface area (Å²) in [6.07, 6.45) is 10.7. The summed E-state index contributed by atoms with van der Waals surface area (Å²) < 4.78 is 0. The van der Waals surface area contributed by atoms with Gasteiger partial charge in [0.2, 0.25) is 0 Å². The molecule has 2 bridgehead atoms. The third kappa shape index (κ3) is 2.60. The standard InChI is InChI=1S/C14H27B/c1-11(2)10-12(3)15-13-6-4-7-14(15)9-5-8-13/h11-14H,4-10H2,1-3H3. The van der Waals surface area contributed by atoms with Crippen molar-refractivity contribution in [1.29, 1.82) is 0 Å². The Hall–Kier alpha value is 0.0649. The summed E-state index contributed by atoms with van der Waals surface area (Å²) in [5, 5.41) is 0. The van der Waals surface area contributed by atoms with Gasteiger partial charge < -0.3 is 0 Å². The van der Waals surface area contributed by atoms with E-state index >= 15 is 0 Å². The van der Waals surface area contributed by atoms with Crippen molar-refractivity contribution < 1.29 is 0 Å². The molecule has 0 amide bonds. The molecule has 0 aliphatic carbocycles. The molecule has 1 heteroatoms. The van der Waals surface area contributed by atoms with Gasteiger partial charge in [-0.15, -0.1) is 0 Å². The van der Waals surface area contributed by atoms with E-state index in [9.17, 15) is 0 Å². The third-order valence-corrected chi connectivity index (χ3v) is 4.89. The molecular formula is C14H27B. The monoisotopic (exact) mass is 206 g/mol. The molecule has 0 spiro atoms. The Bertz CT molecular complexity index is 178. The Kier molecular flexibility index (Phi) is 3.80. The molecule has 2 fully saturated rings. The molecule has 2 aliphatic heterocycles. The van der Waals surface area contributed by atoms with Gasteiger partial charge in [-0.1, -0.05) is 83.2 Å². The Morgan fingerprint density at radius 2 is 1.40 bits per heavy atom. The van der Waals surface area contributed by atoms with E-state index < -0.39 is 0 Å². The molecule has 0 aromatic heterocycles. The molecule has 15 heavy (non-hydrogen) atoms. The van der Waals surface area contributed by atoms with Crippen LogP contribution in [0.4, 0.5) is 0 Å². The van der Waals surface area contributed by atoms with E-state index in [1.165, 1.54) is 19.3 Å². The van der Waals surface area contributed by atoms with Gasteiger partial charge >= 0.3 is 0 Å². The fourth-order valence-electron chi connectivity index (χ4n) is 4.56. The SMILES string of the molecule is CC(C)CC(C)B1C2CCCC1CCC2. The molecule has 0 nitrogen and oxygen atoms in total. The molecule has 2 rings (SSSR count). The Balaban J connectivity index is 1.99. The summed E-state index contributed by atoms with van der Waals surface area (Å²) in [4.78, 5) is 0. The predicted octanol–water partition coefficient (Wildman–Crippen LogP) is 5.03. The maximum Gasteiger partial charge on any atom is 0.149 e. The van der Waals surface area contributed by atoms with E-state index in [1.807, 2.05) is 0 Å². The van der Waals surface area contributed by atoms with Crippen LogP contribution in [0.3, 0.4) is 0 Å². The topological polar surface area (TPSA) is 0 Å². The van der Waals surface area contributed by atoms with Crippen LogP contribution in [0.5, 0.6) is 0 Å². The second-order valence-corrected chi connectivity index (χ2v) is 6.57. The molecule has 0 radical (unpaired) electrons. The quantitative estimate of drug-likeness (QED) is 0.568. The van der Waals surface area contributed by atoms with Crippen LogP contribution in [-0.2, 0) is 0 Å². The summed E-state index contributed by atoms with van der Waals surface area (Å²) in [5.74, 6) is 4.08. The summed E-state index contributed by atoms with van der Waals surface area (Å²) in [7, 11) is 0. The van der Waals surface area contributed by atoms with Crippen LogP contribution in [0.2, 0.25) is 17.5 Å². The maximum absolute atomic E-state index is 2.53. The molecule has 86 valence electrons. The summed E-state index contributed by atoms with van der Waals surface area (Å²) in [6.45, 7) is 8.39. The zero-order valence-corrected chi connectivity index (χ0v) is 10.8. The summed E-state index contributed by atoms with van der Waals surface area (Å²) >= 11 is 0. The van der Waals surface area contributed by atoms with Gasteiger partial charge in [0, 0.05) is 0 Å². The van der Waals surface area contributed by atoms with Crippen LogP contribution in [0.15, 0.2) is 0 Å². The van der Waals surface area contributed by atoms with Crippen molar-refractivity contribution in [3.8, 4) is 0 Å². The van der Waals surface area contributed by atoms with Crippen molar-refractivity contribution in [1.82, 2.24) is 0 Å². The van der Waals surface area contributed by atoms with Crippen LogP contribution in [0, 0.1) is 5.92 Å². The highest BCUT2D eigenvalue weighted by molar-refractivity contribution is 6.64. The highest BCUT2D eigenvalue weighted by Gasteiger charge is 2.41. The molecule has 2 heterocycles. The van der Waals surface area contributed by atoms with Crippen molar-refractivity contribution in [3.05, 3.63) is 0 Å². The number of hydrogen-bond donors (Lipinski definition) is 0. The second kappa shape index (κ2) is 4.93. The maximum atomic E-state index is 2.53. The Morgan fingerprint density at radius 1 is 0.933 bits per heavy atom. The Labute approximate surface area is 96.3 Å². The first-order valence-corrected chi connectivity index (χ1v) is 7.18. The zero-order valence-electron chi connectivity index (χ0n) is 10.8. The van der Waals surface area contributed by atoms with E-state index in [-0.39, 0.29) is 0 Å².